The average Bonchev–Trinajstić information content (AvgIpc) is 3.06. The molecule has 8 rings (SSSR count). The lowest BCUT2D eigenvalue weighted by molar-refractivity contribution is 0.565. The van der Waals surface area contributed by atoms with E-state index in [1.54, 1.807) is 0 Å². The number of fused-ring (bicyclic) bond motifs is 10. The van der Waals surface area contributed by atoms with Gasteiger partial charge in [0.25, 0.3) is 0 Å². The normalized spacial score (nSPS) is 17.7. The molecule has 3 heterocycles. The molecule has 176 valence electrons. The van der Waals surface area contributed by atoms with Gasteiger partial charge >= 0.3 is 5.63 Å². The molecular formula is C33H21NO3. The molecule has 0 N–H and O–H groups in total. The predicted octanol–water partition coefficient (Wildman–Crippen LogP) is 8.06. The summed E-state index contributed by atoms with van der Waals surface area (Å²) in [6.45, 7) is 0. The molecule has 1 aliphatic heterocycles. The van der Waals surface area contributed by atoms with Crippen LogP contribution in [0.3, 0.4) is 0 Å². The third kappa shape index (κ3) is 2.93. The number of rotatable bonds is 1. The number of anilines is 2. The van der Waals surface area contributed by atoms with Gasteiger partial charge < -0.3 is 13.7 Å². The minimum Gasteiger partial charge on any atom is -0.456 e. The van der Waals surface area contributed by atoms with Crippen LogP contribution in [-0.4, -0.2) is 0 Å². The maximum absolute atomic E-state index is 13.0. The van der Waals surface area contributed by atoms with Gasteiger partial charge in [0.1, 0.15) is 16.9 Å². The maximum Gasteiger partial charge on any atom is 0.344 e. The van der Waals surface area contributed by atoms with Gasteiger partial charge in [0.05, 0.1) is 11.1 Å². The van der Waals surface area contributed by atoms with Crippen LogP contribution in [0.5, 0.6) is 0 Å². The first-order valence-electron chi connectivity index (χ1n) is 12.5. The maximum atomic E-state index is 13.0. The molecule has 5 aromatic rings. The fraction of sp³-hybridized carbons (Fsp3) is 0.0606. The quantitative estimate of drug-likeness (QED) is 0.180. The second kappa shape index (κ2) is 7.58. The van der Waals surface area contributed by atoms with Crippen LogP contribution in [0.4, 0.5) is 11.4 Å². The van der Waals surface area contributed by atoms with Crippen LogP contribution in [0.25, 0.3) is 38.8 Å². The van der Waals surface area contributed by atoms with Crippen molar-refractivity contribution in [3.05, 3.63) is 136 Å². The average molecular weight is 480 g/mol. The lowest BCUT2D eigenvalue weighted by Gasteiger charge is -2.34. The lowest BCUT2D eigenvalue weighted by atomic mass is 9.89. The smallest absolute Gasteiger partial charge is 0.344 e. The summed E-state index contributed by atoms with van der Waals surface area (Å²) in [7, 11) is 0. The molecule has 0 amide bonds. The van der Waals surface area contributed by atoms with Crippen LogP contribution in [0.1, 0.15) is 22.8 Å². The molecule has 3 aromatic carbocycles. The summed E-state index contributed by atoms with van der Waals surface area (Å²) in [6.07, 6.45) is 19.8. The van der Waals surface area contributed by atoms with Gasteiger partial charge in [0.2, 0.25) is 0 Å². The van der Waals surface area contributed by atoms with Crippen molar-refractivity contribution in [2.24, 2.45) is 0 Å². The van der Waals surface area contributed by atoms with Crippen molar-refractivity contribution in [2.45, 2.75) is 12.3 Å². The summed E-state index contributed by atoms with van der Waals surface area (Å²) >= 11 is 0. The largest absolute Gasteiger partial charge is 0.456 e. The Kier molecular flexibility index (Phi) is 4.17. The minimum absolute atomic E-state index is 0.00605. The molecule has 2 bridgehead atoms. The summed E-state index contributed by atoms with van der Waals surface area (Å²) in [6, 6.07) is 18.3. The Morgan fingerprint density at radius 2 is 1.70 bits per heavy atom. The second-order valence-electron chi connectivity index (χ2n) is 9.62. The molecule has 1 atom stereocenters. The molecule has 0 saturated heterocycles. The van der Waals surface area contributed by atoms with E-state index in [0.29, 0.717) is 11.0 Å². The van der Waals surface area contributed by atoms with Crippen molar-refractivity contribution in [3.8, 4) is 0 Å². The molecule has 4 heteroatoms. The third-order valence-electron chi connectivity index (χ3n) is 7.56. The number of furan rings is 1. The van der Waals surface area contributed by atoms with E-state index in [4.69, 9.17) is 8.83 Å². The minimum atomic E-state index is -0.308. The van der Waals surface area contributed by atoms with Crippen molar-refractivity contribution in [2.75, 3.05) is 4.90 Å². The van der Waals surface area contributed by atoms with Crippen molar-refractivity contribution >= 4 is 50.2 Å². The van der Waals surface area contributed by atoms with E-state index in [0.717, 1.165) is 56.6 Å². The van der Waals surface area contributed by atoms with Gasteiger partial charge in [-0.15, -0.1) is 0 Å². The van der Waals surface area contributed by atoms with Crippen molar-refractivity contribution in [1.82, 2.24) is 0 Å². The highest BCUT2D eigenvalue weighted by atomic mass is 16.4. The van der Waals surface area contributed by atoms with Gasteiger partial charge in [0.15, 0.2) is 0 Å². The van der Waals surface area contributed by atoms with E-state index in [-0.39, 0.29) is 11.5 Å². The van der Waals surface area contributed by atoms with Crippen LogP contribution in [0.15, 0.2) is 123 Å². The van der Waals surface area contributed by atoms with E-state index in [1.165, 1.54) is 5.56 Å². The van der Waals surface area contributed by atoms with Gasteiger partial charge in [-0.1, -0.05) is 54.7 Å². The zero-order valence-electron chi connectivity index (χ0n) is 19.8. The summed E-state index contributed by atoms with van der Waals surface area (Å²) < 4.78 is 12.2. The van der Waals surface area contributed by atoms with E-state index >= 15 is 0 Å². The Morgan fingerprint density at radius 1 is 0.811 bits per heavy atom. The van der Waals surface area contributed by atoms with Crippen LogP contribution in [0.2, 0.25) is 0 Å². The van der Waals surface area contributed by atoms with Crippen LogP contribution in [0, 0.1) is 0 Å². The van der Waals surface area contributed by atoms with Crippen LogP contribution >= 0.6 is 0 Å². The fourth-order valence-corrected chi connectivity index (χ4v) is 5.91. The highest BCUT2D eigenvalue weighted by Crippen LogP contribution is 2.47. The van der Waals surface area contributed by atoms with Gasteiger partial charge in [0, 0.05) is 39.2 Å². The third-order valence-corrected chi connectivity index (χ3v) is 7.56. The number of hydrogen-bond donors (Lipinski definition) is 0. The van der Waals surface area contributed by atoms with Crippen LogP contribution in [-0.2, 0) is 6.42 Å². The Hall–Kier alpha value is -4.83. The Balaban J connectivity index is 1.41. The number of allylic oxidation sites excluding steroid dienone is 8. The molecule has 0 radical (unpaired) electrons. The second-order valence-corrected chi connectivity index (χ2v) is 9.62. The number of hydrogen-bond acceptors (Lipinski definition) is 4. The Morgan fingerprint density at radius 3 is 2.65 bits per heavy atom. The zero-order valence-corrected chi connectivity index (χ0v) is 19.8. The standard InChI is InChI=1S/C33H21NO3/c35-33-26-12-7-6-10-23(26)25-15-16-28-31(32(25)37-33)20-8-4-5-9-21(18-20)34(28)22-14-17-30-27(19-22)24-11-2-1-3-13-29(24)36-30/h1-10,12-20H,11H2. The molecule has 0 fully saturated rings. The SMILES string of the molecule is O=c1oc2c3c(ccc2c2ccccc12)N(c1ccc2oc4c(c2c1)CC=CC=C4)C1=CC3C=CC=C1. The van der Waals surface area contributed by atoms with Gasteiger partial charge in [-0.25, -0.2) is 4.79 Å². The molecule has 0 spiro atoms. The van der Waals surface area contributed by atoms with E-state index < -0.39 is 0 Å². The molecular weight excluding hydrogens is 458 g/mol. The van der Waals surface area contributed by atoms with Crippen molar-refractivity contribution in [3.63, 3.8) is 0 Å². The van der Waals surface area contributed by atoms with Crippen molar-refractivity contribution in [1.29, 1.82) is 0 Å². The van der Waals surface area contributed by atoms with Gasteiger partial charge in [-0.2, -0.15) is 0 Å². The molecule has 2 aromatic heterocycles. The summed E-state index contributed by atoms with van der Waals surface area (Å²) in [4.78, 5) is 15.3. The Labute approximate surface area is 212 Å². The molecule has 0 saturated carbocycles. The zero-order chi connectivity index (χ0) is 24.5. The van der Waals surface area contributed by atoms with E-state index in [9.17, 15) is 4.79 Å². The highest BCUT2D eigenvalue weighted by Gasteiger charge is 2.30. The fourth-order valence-electron chi connectivity index (χ4n) is 5.91. The topological polar surface area (TPSA) is 46.6 Å². The van der Waals surface area contributed by atoms with Crippen molar-refractivity contribution < 1.29 is 8.83 Å². The van der Waals surface area contributed by atoms with E-state index in [1.807, 2.05) is 36.4 Å². The first kappa shape index (κ1) is 20.4. The molecule has 1 unspecified atom stereocenters. The predicted molar refractivity (Wildman–Crippen MR) is 149 cm³/mol. The number of nitrogens with zero attached hydrogens (tertiary/aromatic N) is 1. The molecule has 4 nitrogen and oxygen atoms in total. The monoisotopic (exact) mass is 479 g/mol. The summed E-state index contributed by atoms with van der Waals surface area (Å²) in [5.41, 5.74) is 6.54. The van der Waals surface area contributed by atoms with Crippen LogP contribution < -0.4 is 10.5 Å². The summed E-state index contributed by atoms with van der Waals surface area (Å²) in [5, 5.41) is 3.58. The highest BCUT2D eigenvalue weighted by molar-refractivity contribution is 6.07. The molecule has 37 heavy (non-hydrogen) atoms. The lowest BCUT2D eigenvalue weighted by Crippen LogP contribution is -2.22. The van der Waals surface area contributed by atoms with Gasteiger partial charge in [-0.05, 0) is 66.4 Å². The summed E-state index contributed by atoms with van der Waals surface area (Å²) in [5.74, 6) is 0.905. The molecule has 2 aliphatic carbocycles. The molecule has 3 aliphatic rings. The van der Waals surface area contributed by atoms with E-state index in [2.05, 4.69) is 77.8 Å². The first-order chi connectivity index (χ1) is 18.3. The van der Waals surface area contributed by atoms with Gasteiger partial charge in [-0.3, -0.25) is 0 Å². The first-order valence-corrected chi connectivity index (χ1v) is 12.5. The number of benzene rings is 3. The Bertz CT molecular complexity index is 1990.